The molecule has 184 valence electrons. The van der Waals surface area contributed by atoms with E-state index < -0.39 is 41.6 Å². The molecule has 35 heavy (non-hydrogen) atoms. The smallest absolute Gasteiger partial charge is 0.333 e. The van der Waals surface area contributed by atoms with Crippen LogP contribution in [0.2, 0.25) is 0 Å². The van der Waals surface area contributed by atoms with Gasteiger partial charge in [0.2, 0.25) is 5.91 Å². The minimum atomic E-state index is -0.966. The third-order valence-corrected chi connectivity index (χ3v) is 5.72. The van der Waals surface area contributed by atoms with E-state index in [1.54, 1.807) is 6.92 Å². The van der Waals surface area contributed by atoms with Crippen LogP contribution in [0.15, 0.2) is 54.6 Å². The molecule has 0 aromatic heterocycles. The lowest BCUT2D eigenvalue weighted by Crippen LogP contribution is -2.39. The second-order valence-electron chi connectivity index (χ2n) is 8.55. The van der Waals surface area contributed by atoms with Crippen molar-refractivity contribution in [2.75, 3.05) is 0 Å². The van der Waals surface area contributed by atoms with E-state index >= 15 is 0 Å². The van der Waals surface area contributed by atoms with Gasteiger partial charge < -0.3 is 15.3 Å². The summed E-state index contributed by atoms with van der Waals surface area (Å²) in [5.41, 5.74) is 3.05. The predicted octanol–water partition coefficient (Wildman–Crippen LogP) is 2.88. The Labute approximate surface area is 203 Å². The fourth-order valence-corrected chi connectivity index (χ4v) is 3.79. The van der Waals surface area contributed by atoms with Gasteiger partial charge in [0.15, 0.2) is 0 Å². The molecule has 2 N–H and O–H groups in total. The molecule has 3 amide bonds. The third-order valence-electron chi connectivity index (χ3n) is 5.72. The summed E-state index contributed by atoms with van der Waals surface area (Å²) < 4.78 is 0. The van der Waals surface area contributed by atoms with Gasteiger partial charge in [-0.1, -0.05) is 61.5 Å². The lowest BCUT2D eigenvalue weighted by Gasteiger charge is -2.21. The Bertz CT molecular complexity index is 1070. The zero-order valence-corrected chi connectivity index (χ0v) is 19.4. The summed E-state index contributed by atoms with van der Waals surface area (Å²) in [5.74, 6) is -4.14. The number of rotatable bonds is 11. The van der Waals surface area contributed by atoms with Crippen molar-refractivity contribution in [3.63, 3.8) is 0 Å². The molecule has 0 bridgehead atoms. The number of hydroxylamine groups is 2. The highest BCUT2D eigenvalue weighted by molar-refractivity contribution is 6.01. The SMILES string of the molecule is C[C@H](C[C@@H](Cc1ccc(-c2ccccc2)cc1)NC(=O)CCC(=O)ON1C(=O)CCC1=O)C(=O)O. The van der Waals surface area contributed by atoms with Crippen LogP contribution in [0.1, 0.15) is 44.6 Å². The highest BCUT2D eigenvalue weighted by atomic mass is 16.7. The van der Waals surface area contributed by atoms with E-state index in [1.165, 1.54) is 0 Å². The second kappa shape index (κ2) is 11.9. The van der Waals surface area contributed by atoms with Gasteiger partial charge in [-0.3, -0.25) is 19.2 Å². The summed E-state index contributed by atoms with van der Waals surface area (Å²) in [6, 6.07) is 17.2. The molecule has 0 aliphatic carbocycles. The number of nitrogens with one attached hydrogen (secondary N) is 1. The molecule has 3 rings (SSSR count). The van der Waals surface area contributed by atoms with Crippen molar-refractivity contribution >= 4 is 29.7 Å². The third kappa shape index (κ3) is 7.49. The first kappa shape index (κ1) is 25.6. The van der Waals surface area contributed by atoms with Gasteiger partial charge in [-0.05, 0) is 29.5 Å². The lowest BCUT2D eigenvalue weighted by molar-refractivity contribution is -0.197. The Morgan fingerprint density at radius 3 is 2.14 bits per heavy atom. The molecule has 9 heteroatoms. The van der Waals surface area contributed by atoms with Crippen molar-refractivity contribution in [2.24, 2.45) is 5.92 Å². The van der Waals surface area contributed by atoms with Crippen LogP contribution in [-0.4, -0.2) is 45.9 Å². The molecule has 0 unspecified atom stereocenters. The Hall–Kier alpha value is -4.01. The number of aliphatic carboxylic acids is 1. The second-order valence-corrected chi connectivity index (χ2v) is 8.55. The summed E-state index contributed by atoms with van der Waals surface area (Å²) in [5, 5.41) is 12.6. The van der Waals surface area contributed by atoms with E-state index in [-0.39, 0.29) is 32.1 Å². The maximum atomic E-state index is 12.5. The first-order valence-electron chi connectivity index (χ1n) is 11.5. The molecule has 2 aromatic rings. The molecule has 0 spiro atoms. The van der Waals surface area contributed by atoms with Crippen LogP contribution < -0.4 is 5.32 Å². The first-order valence-corrected chi connectivity index (χ1v) is 11.5. The Kier molecular flexibility index (Phi) is 8.72. The lowest BCUT2D eigenvalue weighted by atomic mass is 9.95. The van der Waals surface area contributed by atoms with Gasteiger partial charge >= 0.3 is 11.9 Å². The molecule has 2 aromatic carbocycles. The first-order chi connectivity index (χ1) is 16.7. The summed E-state index contributed by atoms with van der Waals surface area (Å²) in [4.78, 5) is 63.7. The molecule has 1 aliphatic heterocycles. The van der Waals surface area contributed by atoms with Crippen LogP contribution >= 0.6 is 0 Å². The fraction of sp³-hybridized carbons (Fsp3) is 0.346. The van der Waals surface area contributed by atoms with Crippen LogP contribution in [0.5, 0.6) is 0 Å². The number of carboxylic acids is 1. The van der Waals surface area contributed by atoms with Crippen molar-refractivity contribution in [3.8, 4) is 11.1 Å². The number of imide groups is 1. The highest BCUT2D eigenvalue weighted by Gasteiger charge is 2.33. The molecule has 1 aliphatic rings. The maximum Gasteiger partial charge on any atom is 0.333 e. The highest BCUT2D eigenvalue weighted by Crippen LogP contribution is 2.21. The van der Waals surface area contributed by atoms with Crippen molar-refractivity contribution in [1.82, 2.24) is 10.4 Å². The Morgan fingerprint density at radius 2 is 1.54 bits per heavy atom. The molecule has 9 nitrogen and oxygen atoms in total. The number of amides is 3. The van der Waals surface area contributed by atoms with Gasteiger partial charge in [-0.15, -0.1) is 5.06 Å². The number of hydrogen-bond donors (Lipinski definition) is 2. The predicted molar refractivity (Wildman–Crippen MR) is 125 cm³/mol. The molecule has 1 heterocycles. The zero-order valence-electron chi connectivity index (χ0n) is 19.4. The van der Waals surface area contributed by atoms with Crippen molar-refractivity contribution in [1.29, 1.82) is 0 Å². The molecule has 1 fully saturated rings. The van der Waals surface area contributed by atoms with E-state index in [1.807, 2.05) is 54.6 Å². The number of carbonyl (C=O) groups is 5. The van der Waals surface area contributed by atoms with Crippen LogP contribution in [0.4, 0.5) is 0 Å². The topological polar surface area (TPSA) is 130 Å². The van der Waals surface area contributed by atoms with Gasteiger partial charge in [0.25, 0.3) is 11.8 Å². The van der Waals surface area contributed by atoms with Gasteiger partial charge in [0, 0.05) is 25.3 Å². The molecule has 0 radical (unpaired) electrons. The van der Waals surface area contributed by atoms with E-state index in [2.05, 4.69) is 5.32 Å². The fourth-order valence-electron chi connectivity index (χ4n) is 3.79. The molecule has 2 atom stereocenters. The average Bonchev–Trinajstić information content (AvgIpc) is 3.15. The maximum absolute atomic E-state index is 12.5. The Morgan fingerprint density at radius 1 is 0.943 bits per heavy atom. The van der Waals surface area contributed by atoms with Crippen LogP contribution in [0.3, 0.4) is 0 Å². The minimum absolute atomic E-state index is 0.0115. The van der Waals surface area contributed by atoms with Crippen LogP contribution in [0.25, 0.3) is 11.1 Å². The number of carbonyl (C=O) groups excluding carboxylic acids is 4. The summed E-state index contributed by atoms with van der Waals surface area (Å²) >= 11 is 0. The minimum Gasteiger partial charge on any atom is -0.481 e. The summed E-state index contributed by atoms with van der Waals surface area (Å²) in [6.07, 6.45) is 0.0585. The molecule has 0 saturated carbocycles. The van der Waals surface area contributed by atoms with E-state index in [0.29, 0.717) is 11.5 Å². The molecule has 1 saturated heterocycles. The Balaban J connectivity index is 1.57. The number of carboxylic acid groups (broad SMARTS) is 1. The number of hydrogen-bond acceptors (Lipinski definition) is 6. The summed E-state index contributed by atoms with van der Waals surface area (Å²) in [7, 11) is 0. The van der Waals surface area contributed by atoms with Crippen LogP contribution in [-0.2, 0) is 35.2 Å². The van der Waals surface area contributed by atoms with Crippen molar-refractivity contribution in [2.45, 2.75) is 51.5 Å². The zero-order chi connectivity index (χ0) is 25.4. The van der Waals surface area contributed by atoms with Gasteiger partial charge in [-0.2, -0.15) is 0 Å². The quantitative estimate of drug-likeness (QED) is 0.473. The van der Waals surface area contributed by atoms with Crippen molar-refractivity contribution in [3.05, 3.63) is 60.2 Å². The normalized spacial score (nSPS) is 14.9. The molecular weight excluding hydrogens is 452 g/mol. The van der Waals surface area contributed by atoms with E-state index in [9.17, 15) is 29.1 Å². The summed E-state index contributed by atoms with van der Waals surface area (Å²) in [6.45, 7) is 1.57. The number of benzene rings is 2. The standard InChI is InChI=1S/C26H28N2O7/c1-17(26(33)34)15-21(16-18-7-9-20(10-8-18)19-5-3-2-4-6-19)27-22(29)11-14-25(32)35-28-23(30)12-13-24(28)31/h2-10,17,21H,11-16H2,1H3,(H,27,29)(H,33,34)/t17-,21+/m1/s1. The van der Waals surface area contributed by atoms with Crippen molar-refractivity contribution < 1.29 is 33.9 Å². The molecular formula is C26H28N2O7. The van der Waals surface area contributed by atoms with Gasteiger partial charge in [0.05, 0.1) is 12.3 Å². The average molecular weight is 481 g/mol. The number of nitrogens with zero attached hydrogens (tertiary/aromatic N) is 1. The van der Waals surface area contributed by atoms with Gasteiger partial charge in [-0.25, -0.2) is 4.79 Å². The van der Waals surface area contributed by atoms with E-state index in [4.69, 9.17) is 4.84 Å². The largest absolute Gasteiger partial charge is 0.481 e. The van der Waals surface area contributed by atoms with E-state index in [0.717, 1.165) is 16.7 Å². The van der Waals surface area contributed by atoms with Crippen LogP contribution in [0, 0.1) is 5.92 Å². The van der Waals surface area contributed by atoms with Gasteiger partial charge in [0.1, 0.15) is 0 Å². The monoisotopic (exact) mass is 480 g/mol.